The summed E-state index contributed by atoms with van der Waals surface area (Å²) in [5, 5.41) is 9.13. The van der Waals surface area contributed by atoms with Gasteiger partial charge in [-0.05, 0) is 32.8 Å². The number of imidazole rings is 1. The lowest BCUT2D eigenvalue weighted by atomic mass is 9.95. The molecule has 1 atom stereocenters. The van der Waals surface area contributed by atoms with Gasteiger partial charge >= 0.3 is 5.97 Å². The fourth-order valence-corrected chi connectivity index (χ4v) is 2.39. The van der Waals surface area contributed by atoms with E-state index in [2.05, 4.69) is 30.3 Å². The highest BCUT2D eigenvalue weighted by atomic mass is 16.4. The molecule has 0 fully saturated rings. The standard InChI is InChI=1S/C17H22N2O2/c1-12(16(20)21)9-13-7-5-6-8-14(13)15-10-18-11-19(15)17(2,3)4/h5-8,10-12H,9H2,1-4H3,(H,20,21). The van der Waals surface area contributed by atoms with Crippen LogP contribution in [0.3, 0.4) is 0 Å². The van der Waals surface area contributed by atoms with Gasteiger partial charge in [0.15, 0.2) is 0 Å². The van der Waals surface area contributed by atoms with Gasteiger partial charge in [-0.2, -0.15) is 0 Å². The first kappa shape index (κ1) is 15.3. The number of nitrogens with zero attached hydrogens (tertiary/aromatic N) is 2. The van der Waals surface area contributed by atoms with Gasteiger partial charge in [0.2, 0.25) is 0 Å². The molecule has 1 aromatic heterocycles. The molecule has 0 aliphatic rings. The van der Waals surface area contributed by atoms with Crippen molar-refractivity contribution in [2.24, 2.45) is 5.92 Å². The quantitative estimate of drug-likeness (QED) is 0.934. The van der Waals surface area contributed by atoms with Crippen LogP contribution < -0.4 is 0 Å². The van der Waals surface area contributed by atoms with E-state index in [0.29, 0.717) is 6.42 Å². The second kappa shape index (κ2) is 5.72. The van der Waals surface area contributed by atoms with Crippen LogP contribution in [0.4, 0.5) is 0 Å². The lowest BCUT2D eigenvalue weighted by Crippen LogP contribution is -2.22. The van der Waals surface area contributed by atoms with Crippen molar-refractivity contribution in [3.8, 4) is 11.3 Å². The second-order valence-electron chi connectivity index (χ2n) is 6.42. The SMILES string of the molecule is CC(Cc1ccccc1-c1cncn1C(C)(C)C)C(=O)O. The Labute approximate surface area is 125 Å². The molecule has 2 rings (SSSR count). The number of aromatic nitrogens is 2. The first-order valence-corrected chi connectivity index (χ1v) is 7.14. The molecule has 1 N–H and O–H groups in total. The minimum absolute atomic E-state index is 0.0721. The minimum atomic E-state index is -0.769. The molecule has 1 heterocycles. The van der Waals surface area contributed by atoms with Crippen molar-refractivity contribution in [1.82, 2.24) is 9.55 Å². The number of carboxylic acids is 1. The van der Waals surface area contributed by atoms with Gasteiger partial charge in [-0.15, -0.1) is 0 Å². The van der Waals surface area contributed by atoms with E-state index in [1.807, 2.05) is 36.8 Å². The number of hydrogen-bond donors (Lipinski definition) is 1. The summed E-state index contributed by atoms with van der Waals surface area (Å²) in [6, 6.07) is 7.95. The molecule has 1 unspecified atom stereocenters. The normalized spacial score (nSPS) is 13.1. The summed E-state index contributed by atoms with van der Waals surface area (Å²) in [6.07, 6.45) is 4.18. The Morgan fingerprint density at radius 2 is 2.00 bits per heavy atom. The number of aliphatic carboxylic acids is 1. The van der Waals surface area contributed by atoms with Gasteiger partial charge in [-0.25, -0.2) is 4.98 Å². The zero-order valence-corrected chi connectivity index (χ0v) is 13.0. The van der Waals surface area contributed by atoms with E-state index in [4.69, 9.17) is 5.11 Å². The molecule has 2 aromatic rings. The summed E-state index contributed by atoms with van der Waals surface area (Å²) in [6.45, 7) is 8.11. The third kappa shape index (κ3) is 3.32. The Balaban J connectivity index is 2.46. The zero-order chi connectivity index (χ0) is 15.6. The number of carbonyl (C=O) groups is 1. The molecule has 1 aromatic carbocycles. The molecule has 0 saturated carbocycles. The predicted octanol–water partition coefficient (Wildman–Crippen LogP) is 3.57. The highest BCUT2D eigenvalue weighted by molar-refractivity contribution is 5.71. The molecule has 0 aliphatic carbocycles. The van der Waals surface area contributed by atoms with Gasteiger partial charge in [-0.3, -0.25) is 4.79 Å². The third-order valence-corrected chi connectivity index (χ3v) is 3.60. The Bertz CT molecular complexity index is 638. The maximum atomic E-state index is 11.1. The van der Waals surface area contributed by atoms with Crippen molar-refractivity contribution in [1.29, 1.82) is 0 Å². The first-order chi connectivity index (χ1) is 9.80. The van der Waals surface area contributed by atoms with Gasteiger partial charge < -0.3 is 9.67 Å². The van der Waals surface area contributed by atoms with Gasteiger partial charge in [-0.1, -0.05) is 31.2 Å². The molecule has 0 saturated heterocycles. The first-order valence-electron chi connectivity index (χ1n) is 7.14. The lowest BCUT2D eigenvalue weighted by molar-refractivity contribution is -0.141. The molecular weight excluding hydrogens is 264 g/mol. The van der Waals surface area contributed by atoms with Gasteiger partial charge in [0.25, 0.3) is 0 Å². The van der Waals surface area contributed by atoms with Crippen LogP contribution in [0.1, 0.15) is 33.3 Å². The Hall–Kier alpha value is -2.10. The molecule has 0 radical (unpaired) electrons. The van der Waals surface area contributed by atoms with Crippen LogP contribution in [0, 0.1) is 5.92 Å². The maximum Gasteiger partial charge on any atom is 0.306 e. The summed E-state index contributed by atoms with van der Waals surface area (Å²) < 4.78 is 2.12. The van der Waals surface area contributed by atoms with Crippen LogP contribution in [-0.2, 0) is 16.8 Å². The second-order valence-corrected chi connectivity index (χ2v) is 6.42. The molecule has 0 amide bonds. The zero-order valence-electron chi connectivity index (χ0n) is 13.0. The lowest BCUT2D eigenvalue weighted by Gasteiger charge is -2.24. The summed E-state index contributed by atoms with van der Waals surface area (Å²) in [4.78, 5) is 15.4. The summed E-state index contributed by atoms with van der Waals surface area (Å²) >= 11 is 0. The highest BCUT2D eigenvalue weighted by Gasteiger charge is 2.20. The fourth-order valence-electron chi connectivity index (χ4n) is 2.39. The van der Waals surface area contributed by atoms with Crippen molar-refractivity contribution in [3.05, 3.63) is 42.4 Å². The van der Waals surface area contributed by atoms with E-state index in [-0.39, 0.29) is 5.54 Å². The Kier molecular flexibility index (Phi) is 4.16. The highest BCUT2D eigenvalue weighted by Crippen LogP contribution is 2.29. The molecule has 0 aliphatic heterocycles. The van der Waals surface area contributed by atoms with Gasteiger partial charge in [0, 0.05) is 11.1 Å². The van der Waals surface area contributed by atoms with Crippen molar-refractivity contribution in [2.45, 2.75) is 39.7 Å². The third-order valence-electron chi connectivity index (χ3n) is 3.60. The van der Waals surface area contributed by atoms with Gasteiger partial charge in [0.05, 0.1) is 24.1 Å². The average molecular weight is 286 g/mol. The van der Waals surface area contributed by atoms with Gasteiger partial charge in [0.1, 0.15) is 0 Å². The molecule has 112 valence electrons. The van der Waals surface area contributed by atoms with Crippen LogP contribution in [0.2, 0.25) is 0 Å². The Morgan fingerprint density at radius 1 is 1.33 bits per heavy atom. The topological polar surface area (TPSA) is 55.1 Å². The molecular formula is C17H22N2O2. The molecule has 4 nitrogen and oxygen atoms in total. The van der Waals surface area contributed by atoms with E-state index in [0.717, 1.165) is 16.8 Å². The monoisotopic (exact) mass is 286 g/mol. The van der Waals surface area contributed by atoms with Crippen molar-refractivity contribution < 1.29 is 9.90 Å². The van der Waals surface area contributed by atoms with Crippen molar-refractivity contribution in [2.75, 3.05) is 0 Å². The van der Waals surface area contributed by atoms with E-state index >= 15 is 0 Å². The minimum Gasteiger partial charge on any atom is -0.481 e. The number of rotatable bonds is 4. The van der Waals surface area contributed by atoms with Crippen LogP contribution in [0.5, 0.6) is 0 Å². The number of carboxylic acid groups (broad SMARTS) is 1. The summed E-state index contributed by atoms with van der Waals surface area (Å²) in [7, 11) is 0. The van der Waals surface area contributed by atoms with Crippen molar-refractivity contribution >= 4 is 5.97 Å². The largest absolute Gasteiger partial charge is 0.481 e. The summed E-state index contributed by atoms with van der Waals surface area (Å²) in [5.41, 5.74) is 3.05. The van der Waals surface area contributed by atoms with Crippen molar-refractivity contribution in [3.63, 3.8) is 0 Å². The molecule has 0 bridgehead atoms. The van der Waals surface area contributed by atoms with E-state index in [9.17, 15) is 4.79 Å². The van der Waals surface area contributed by atoms with E-state index in [1.165, 1.54) is 0 Å². The molecule has 0 spiro atoms. The van der Waals surface area contributed by atoms with Crippen LogP contribution in [0.15, 0.2) is 36.8 Å². The maximum absolute atomic E-state index is 11.1. The Morgan fingerprint density at radius 3 is 2.62 bits per heavy atom. The van der Waals surface area contributed by atoms with Crippen LogP contribution >= 0.6 is 0 Å². The average Bonchev–Trinajstić information content (AvgIpc) is 2.88. The number of hydrogen-bond acceptors (Lipinski definition) is 2. The molecule has 4 heteroatoms. The summed E-state index contributed by atoms with van der Waals surface area (Å²) in [5.74, 6) is -1.17. The smallest absolute Gasteiger partial charge is 0.306 e. The fraction of sp³-hybridized carbons (Fsp3) is 0.412. The predicted molar refractivity (Wildman–Crippen MR) is 83.2 cm³/mol. The van der Waals surface area contributed by atoms with E-state index in [1.54, 1.807) is 6.92 Å². The number of benzene rings is 1. The van der Waals surface area contributed by atoms with Crippen LogP contribution in [-0.4, -0.2) is 20.6 Å². The molecule has 21 heavy (non-hydrogen) atoms. The van der Waals surface area contributed by atoms with Crippen LogP contribution in [0.25, 0.3) is 11.3 Å². The van der Waals surface area contributed by atoms with E-state index < -0.39 is 11.9 Å².